The van der Waals surface area contributed by atoms with Gasteiger partial charge in [-0.2, -0.15) is 11.8 Å². The number of rotatable bonds is 3. The third kappa shape index (κ3) is 4.11. The van der Waals surface area contributed by atoms with Gasteiger partial charge in [0.05, 0.1) is 0 Å². The van der Waals surface area contributed by atoms with Gasteiger partial charge in [-0.1, -0.05) is 0 Å². The van der Waals surface area contributed by atoms with Gasteiger partial charge in [0.2, 0.25) is 0 Å². The van der Waals surface area contributed by atoms with E-state index < -0.39 is 0 Å². The van der Waals surface area contributed by atoms with Gasteiger partial charge < -0.3 is 5.32 Å². The zero-order valence-electron chi connectivity index (χ0n) is 9.76. The quantitative estimate of drug-likeness (QED) is 0.758. The van der Waals surface area contributed by atoms with E-state index in [1.807, 2.05) is 27.0 Å². The van der Waals surface area contributed by atoms with Gasteiger partial charge in [-0.15, -0.1) is 0 Å². The van der Waals surface area contributed by atoms with Gasteiger partial charge in [0.1, 0.15) is 6.04 Å². The number of hydrogen-bond acceptors (Lipinski definition) is 4. The minimum Gasteiger partial charge on any atom is -0.351 e. The largest absolute Gasteiger partial charge is 0.351 e. The van der Waals surface area contributed by atoms with Crippen molar-refractivity contribution in [2.24, 2.45) is 4.99 Å². The molecule has 1 unspecified atom stereocenters. The van der Waals surface area contributed by atoms with Crippen molar-refractivity contribution in [1.29, 1.82) is 0 Å². The SMILES string of the molecule is CSCCC1N=C(NC(C)(C)C)NC1=O. The number of amides is 1. The average molecular weight is 229 g/mol. The maximum absolute atomic E-state index is 11.5. The van der Waals surface area contributed by atoms with E-state index >= 15 is 0 Å². The zero-order chi connectivity index (χ0) is 11.5. The smallest absolute Gasteiger partial charge is 0.251 e. The molecular formula is C10H19N3OS. The van der Waals surface area contributed by atoms with E-state index in [1.54, 1.807) is 11.8 Å². The molecule has 4 nitrogen and oxygen atoms in total. The van der Waals surface area contributed by atoms with Gasteiger partial charge in [-0.25, -0.2) is 4.99 Å². The molecule has 0 aromatic heterocycles. The van der Waals surface area contributed by atoms with Crippen LogP contribution >= 0.6 is 11.8 Å². The van der Waals surface area contributed by atoms with Crippen LogP contribution in [0.1, 0.15) is 27.2 Å². The summed E-state index contributed by atoms with van der Waals surface area (Å²) in [7, 11) is 0. The van der Waals surface area contributed by atoms with Crippen LogP contribution in [0, 0.1) is 0 Å². The van der Waals surface area contributed by atoms with Crippen molar-refractivity contribution in [3.63, 3.8) is 0 Å². The van der Waals surface area contributed by atoms with E-state index in [1.165, 1.54) is 0 Å². The molecular weight excluding hydrogens is 210 g/mol. The van der Waals surface area contributed by atoms with Crippen LogP contribution in [-0.2, 0) is 4.79 Å². The van der Waals surface area contributed by atoms with Crippen molar-refractivity contribution in [1.82, 2.24) is 10.6 Å². The summed E-state index contributed by atoms with van der Waals surface area (Å²) in [5.41, 5.74) is -0.0689. The van der Waals surface area contributed by atoms with Crippen LogP contribution < -0.4 is 10.6 Å². The fourth-order valence-electron chi connectivity index (χ4n) is 1.29. The Morgan fingerprint density at radius 3 is 2.73 bits per heavy atom. The second kappa shape index (κ2) is 4.88. The predicted octanol–water partition coefficient (Wildman–Crippen LogP) is 0.982. The van der Waals surface area contributed by atoms with E-state index in [9.17, 15) is 4.79 Å². The number of carbonyl (C=O) groups is 1. The Labute approximate surface area is 95.3 Å². The Morgan fingerprint density at radius 2 is 2.20 bits per heavy atom. The maximum atomic E-state index is 11.5. The first-order chi connectivity index (χ1) is 6.92. The molecule has 1 heterocycles. The summed E-state index contributed by atoms with van der Waals surface area (Å²) < 4.78 is 0. The van der Waals surface area contributed by atoms with E-state index in [-0.39, 0.29) is 17.5 Å². The molecule has 1 aliphatic heterocycles. The van der Waals surface area contributed by atoms with Crippen LogP contribution in [0.25, 0.3) is 0 Å². The summed E-state index contributed by atoms with van der Waals surface area (Å²) in [5.74, 6) is 1.58. The molecule has 1 rings (SSSR count). The van der Waals surface area contributed by atoms with Gasteiger partial charge in [-0.3, -0.25) is 10.1 Å². The first-order valence-corrected chi connectivity index (χ1v) is 6.47. The van der Waals surface area contributed by atoms with E-state index in [2.05, 4.69) is 15.6 Å². The van der Waals surface area contributed by atoms with Crippen LogP contribution in [0.15, 0.2) is 4.99 Å². The van der Waals surface area contributed by atoms with Crippen LogP contribution in [0.3, 0.4) is 0 Å². The van der Waals surface area contributed by atoms with E-state index in [4.69, 9.17) is 0 Å². The molecule has 0 radical (unpaired) electrons. The Hall–Kier alpha value is -0.710. The van der Waals surface area contributed by atoms with Crippen LogP contribution in [0.2, 0.25) is 0 Å². The second-order valence-corrected chi connectivity index (χ2v) is 5.62. The average Bonchev–Trinajstić information content (AvgIpc) is 2.39. The molecule has 0 spiro atoms. The molecule has 0 aromatic rings. The third-order valence-electron chi connectivity index (χ3n) is 1.92. The topological polar surface area (TPSA) is 53.5 Å². The van der Waals surface area contributed by atoms with Crippen molar-refractivity contribution < 1.29 is 4.79 Å². The lowest BCUT2D eigenvalue weighted by Gasteiger charge is -2.21. The standard InChI is InChI=1S/C10H19N3OS/c1-10(2,3)13-9-11-7(5-6-15-4)8(14)12-9/h7H,5-6H2,1-4H3,(H2,11,12,13,14). The Morgan fingerprint density at radius 1 is 1.53 bits per heavy atom. The summed E-state index contributed by atoms with van der Waals surface area (Å²) in [6.45, 7) is 6.12. The molecule has 0 saturated heterocycles. The molecule has 15 heavy (non-hydrogen) atoms. The fourth-order valence-corrected chi connectivity index (χ4v) is 1.75. The molecule has 0 aromatic carbocycles. The third-order valence-corrected chi connectivity index (χ3v) is 2.56. The molecule has 0 saturated carbocycles. The first kappa shape index (κ1) is 12.4. The lowest BCUT2D eigenvalue weighted by molar-refractivity contribution is -0.120. The summed E-state index contributed by atoms with van der Waals surface area (Å²) in [6, 6.07) is -0.206. The molecule has 0 bridgehead atoms. The maximum Gasteiger partial charge on any atom is 0.251 e. The molecule has 2 N–H and O–H groups in total. The van der Waals surface area contributed by atoms with Crippen LogP contribution in [-0.4, -0.2) is 35.5 Å². The van der Waals surface area contributed by atoms with E-state index in [0.717, 1.165) is 12.2 Å². The van der Waals surface area contributed by atoms with Gasteiger partial charge in [0.15, 0.2) is 5.96 Å². The molecule has 1 atom stereocenters. The minimum atomic E-state index is -0.206. The predicted molar refractivity (Wildman–Crippen MR) is 65.3 cm³/mol. The second-order valence-electron chi connectivity index (χ2n) is 4.64. The lowest BCUT2D eigenvalue weighted by atomic mass is 10.1. The number of thioether (sulfide) groups is 1. The molecule has 5 heteroatoms. The molecule has 0 fully saturated rings. The Kier molecular flexibility index (Phi) is 4.02. The number of nitrogens with one attached hydrogen (secondary N) is 2. The molecule has 0 aliphatic carbocycles. The highest BCUT2D eigenvalue weighted by Gasteiger charge is 2.27. The first-order valence-electron chi connectivity index (χ1n) is 5.08. The number of carbonyl (C=O) groups excluding carboxylic acids is 1. The summed E-state index contributed by atoms with van der Waals surface area (Å²) in [6.07, 6.45) is 2.84. The Balaban J connectivity index is 2.51. The number of nitrogens with zero attached hydrogens (tertiary/aromatic N) is 1. The van der Waals surface area contributed by atoms with Gasteiger partial charge >= 0.3 is 0 Å². The van der Waals surface area contributed by atoms with Crippen molar-refractivity contribution in [2.45, 2.75) is 38.8 Å². The minimum absolute atomic E-state index is 0.0100. The van der Waals surface area contributed by atoms with Crippen molar-refractivity contribution in [2.75, 3.05) is 12.0 Å². The number of guanidine groups is 1. The zero-order valence-corrected chi connectivity index (χ0v) is 10.6. The number of aliphatic imine (C=N–C) groups is 1. The fraction of sp³-hybridized carbons (Fsp3) is 0.800. The highest BCUT2D eigenvalue weighted by molar-refractivity contribution is 7.98. The van der Waals surface area contributed by atoms with Crippen molar-refractivity contribution in [3.05, 3.63) is 0 Å². The highest BCUT2D eigenvalue weighted by Crippen LogP contribution is 2.09. The monoisotopic (exact) mass is 229 g/mol. The normalized spacial score (nSPS) is 21.2. The number of hydrogen-bond donors (Lipinski definition) is 2. The van der Waals surface area contributed by atoms with E-state index in [0.29, 0.717) is 5.96 Å². The summed E-state index contributed by atoms with van der Waals surface area (Å²) in [4.78, 5) is 15.8. The van der Waals surface area contributed by atoms with Gasteiger partial charge in [0, 0.05) is 5.54 Å². The molecule has 1 amide bonds. The van der Waals surface area contributed by atoms with Gasteiger partial charge in [0.25, 0.3) is 5.91 Å². The van der Waals surface area contributed by atoms with Crippen molar-refractivity contribution >= 4 is 23.6 Å². The van der Waals surface area contributed by atoms with Crippen LogP contribution in [0.4, 0.5) is 0 Å². The van der Waals surface area contributed by atoms with Crippen LogP contribution in [0.5, 0.6) is 0 Å². The Bertz CT molecular complexity index is 270. The molecule has 1 aliphatic rings. The highest BCUT2D eigenvalue weighted by atomic mass is 32.2. The summed E-state index contributed by atoms with van der Waals surface area (Å²) in [5, 5.41) is 5.93. The molecule has 86 valence electrons. The van der Waals surface area contributed by atoms with Crippen molar-refractivity contribution in [3.8, 4) is 0 Å². The lowest BCUT2D eigenvalue weighted by Crippen LogP contribution is -2.46. The van der Waals surface area contributed by atoms with Gasteiger partial charge in [-0.05, 0) is 39.2 Å². The summed E-state index contributed by atoms with van der Waals surface area (Å²) >= 11 is 1.74.